The summed E-state index contributed by atoms with van der Waals surface area (Å²) in [6, 6.07) is 5.60. The van der Waals surface area contributed by atoms with Gasteiger partial charge in [0.15, 0.2) is 0 Å². The van der Waals surface area contributed by atoms with Crippen LogP contribution in [0.5, 0.6) is 0 Å². The summed E-state index contributed by atoms with van der Waals surface area (Å²) in [6.07, 6.45) is 3.20. The molecule has 0 aromatic heterocycles. The van der Waals surface area contributed by atoms with E-state index in [1.165, 1.54) is 0 Å². The Kier molecular flexibility index (Phi) is 3.85. The summed E-state index contributed by atoms with van der Waals surface area (Å²) < 4.78 is 5.40. The van der Waals surface area contributed by atoms with Gasteiger partial charge in [-0.05, 0) is 31.4 Å². The molecule has 1 unspecified atom stereocenters. The van der Waals surface area contributed by atoms with E-state index < -0.39 is 0 Å². The second-order valence-electron chi connectivity index (χ2n) is 5.62. The molecule has 0 radical (unpaired) electrons. The maximum absolute atomic E-state index is 12.7. The Hall–Kier alpha value is -1.26. The number of rotatable bonds is 4. The van der Waals surface area contributed by atoms with Crippen LogP contribution in [0.2, 0.25) is 5.02 Å². The van der Waals surface area contributed by atoms with Gasteiger partial charge in [-0.2, -0.15) is 0 Å². The highest BCUT2D eigenvalue weighted by molar-refractivity contribution is 6.33. The highest BCUT2D eigenvalue weighted by atomic mass is 35.5. The molecule has 1 heterocycles. The quantitative estimate of drug-likeness (QED) is 0.868. The van der Waals surface area contributed by atoms with Crippen LogP contribution in [-0.4, -0.2) is 36.6 Å². The number of hydrogen-bond acceptors (Lipinski definition) is 3. The van der Waals surface area contributed by atoms with Gasteiger partial charge in [-0.1, -0.05) is 17.7 Å². The minimum atomic E-state index is -0.000556. The number of benzene rings is 1. The number of para-hydroxylation sites is 1. The van der Waals surface area contributed by atoms with Crippen molar-refractivity contribution in [2.75, 3.05) is 25.5 Å². The first-order chi connectivity index (χ1) is 9.66. The summed E-state index contributed by atoms with van der Waals surface area (Å²) in [5.41, 5.74) is 6.84. The van der Waals surface area contributed by atoms with Crippen molar-refractivity contribution < 1.29 is 9.53 Å². The van der Waals surface area contributed by atoms with Crippen LogP contribution in [0.4, 0.5) is 5.69 Å². The number of amides is 1. The number of nitrogens with zero attached hydrogens (tertiary/aromatic N) is 1. The number of carbonyl (C=O) groups excluding carboxylic acids is 1. The van der Waals surface area contributed by atoms with Crippen LogP contribution in [0, 0.1) is 5.92 Å². The van der Waals surface area contributed by atoms with Gasteiger partial charge in [0.2, 0.25) is 0 Å². The van der Waals surface area contributed by atoms with Crippen molar-refractivity contribution in [1.29, 1.82) is 0 Å². The third kappa shape index (κ3) is 2.76. The Morgan fingerprint density at radius 2 is 2.20 bits per heavy atom. The van der Waals surface area contributed by atoms with Gasteiger partial charge in [-0.15, -0.1) is 0 Å². The van der Waals surface area contributed by atoms with Crippen LogP contribution < -0.4 is 5.73 Å². The molecule has 4 nitrogen and oxygen atoms in total. The zero-order chi connectivity index (χ0) is 14.1. The van der Waals surface area contributed by atoms with E-state index in [4.69, 9.17) is 22.1 Å². The average Bonchev–Trinajstić information content (AvgIpc) is 3.15. The number of hydrogen-bond donors (Lipinski definition) is 1. The Bertz CT molecular complexity index is 511. The van der Waals surface area contributed by atoms with Gasteiger partial charge in [0.1, 0.15) is 0 Å². The molecule has 1 aromatic rings. The van der Waals surface area contributed by atoms with E-state index in [2.05, 4.69) is 0 Å². The second kappa shape index (κ2) is 5.62. The molecule has 0 bridgehead atoms. The first kappa shape index (κ1) is 13.7. The van der Waals surface area contributed by atoms with Crippen molar-refractivity contribution >= 4 is 23.2 Å². The zero-order valence-corrected chi connectivity index (χ0v) is 12.1. The number of halogens is 1. The Labute approximate surface area is 123 Å². The van der Waals surface area contributed by atoms with Crippen molar-refractivity contribution in [2.24, 2.45) is 5.92 Å². The van der Waals surface area contributed by atoms with Crippen LogP contribution in [0.1, 0.15) is 29.6 Å². The lowest BCUT2D eigenvalue weighted by Crippen LogP contribution is -2.37. The topological polar surface area (TPSA) is 55.6 Å². The van der Waals surface area contributed by atoms with E-state index in [-0.39, 0.29) is 5.91 Å². The van der Waals surface area contributed by atoms with Crippen molar-refractivity contribution in [3.8, 4) is 0 Å². The lowest BCUT2D eigenvalue weighted by atomic mass is 10.1. The van der Waals surface area contributed by atoms with Gasteiger partial charge in [-0.25, -0.2) is 0 Å². The van der Waals surface area contributed by atoms with Gasteiger partial charge in [0.25, 0.3) is 5.91 Å². The van der Waals surface area contributed by atoms with E-state index in [9.17, 15) is 4.79 Å². The van der Waals surface area contributed by atoms with Gasteiger partial charge < -0.3 is 15.4 Å². The molecule has 108 valence electrons. The fourth-order valence-corrected chi connectivity index (χ4v) is 2.84. The highest BCUT2D eigenvalue weighted by Gasteiger charge is 2.35. The van der Waals surface area contributed by atoms with Crippen LogP contribution in [0.3, 0.4) is 0 Å². The molecule has 1 amide bonds. The monoisotopic (exact) mass is 294 g/mol. The normalized spacial score (nSPS) is 21.9. The van der Waals surface area contributed by atoms with Crippen LogP contribution >= 0.6 is 11.6 Å². The molecule has 2 aliphatic rings. The number of carbonyl (C=O) groups is 1. The minimum absolute atomic E-state index is 0.000556. The Balaban J connectivity index is 1.79. The molecule has 3 rings (SSSR count). The number of anilines is 1. The third-order valence-corrected chi connectivity index (χ3v) is 4.34. The molecule has 20 heavy (non-hydrogen) atoms. The van der Waals surface area contributed by atoms with E-state index in [0.717, 1.165) is 39.0 Å². The van der Waals surface area contributed by atoms with E-state index in [1.807, 2.05) is 4.90 Å². The zero-order valence-electron chi connectivity index (χ0n) is 11.3. The molecular formula is C15H19ClN2O2. The fraction of sp³-hybridized carbons (Fsp3) is 0.533. The maximum atomic E-state index is 12.7. The van der Waals surface area contributed by atoms with Gasteiger partial charge in [0.05, 0.1) is 22.9 Å². The molecule has 1 aliphatic carbocycles. The maximum Gasteiger partial charge on any atom is 0.256 e. The number of ether oxygens (including phenoxy) is 1. The lowest BCUT2D eigenvalue weighted by molar-refractivity contribution is 0.0707. The Morgan fingerprint density at radius 3 is 2.85 bits per heavy atom. The lowest BCUT2D eigenvalue weighted by Gasteiger charge is -2.26. The predicted molar refractivity (Wildman–Crippen MR) is 78.8 cm³/mol. The molecule has 5 heteroatoms. The second-order valence-corrected chi connectivity index (χ2v) is 6.03. The molecule has 2 N–H and O–H groups in total. The smallest absolute Gasteiger partial charge is 0.256 e. The molecule has 0 spiro atoms. The minimum Gasteiger partial charge on any atom is -0.397 e. The van der Waals surface area contributed by atoms with Crippen LogP contribution in [-0.2, 0) is 4.74 Å². The molecular weight excluding hydrogens is 276 g/mol. The largest absolute Gasteiger partial charge is 0.397 e. The van der Waals surface area contributed by atoms with Gasteiger partial charge in [0, 0.05) is 25.1 Å². The third-order valence-electron chi connectivity index (χ3n) is 4.01. The predicted octanol–water partition coefficient (Wildman–Crippen LogP) is 2.56. The van der Waals surface area contributed by atoms with Crippen LogP contribution in [0.15, 0.2) is 18.2 Å². The summed E-state index contributed by atoms with van der Waals surface area (Å²) >= 11 is 6.01. The van der Waals surface area contributed by atoms with Crippen molar-refractivity contribution in [3.05, 3.63) is 28.8 Å². The van der Waals surface area contributed by atoms with Gasteiger partial charge in [-0.3, -0.25) is 4.79 Å². The highest BCUT2D eigenvalue weighted by Crippen LogP contribution is 2.32. The summed E-state index contributed by atoms with van der Waals surface area (Å²) in [7, 11) is 0. The summed E-state index contributed by atoms with van der Waals surface area (Å²) in [5, 5.41) is 0.441. The van der Waals surface area contributed by atoms with E-state index in [1.54, 1.807) is 18.2 Å². The SMILES string of the molecule is Nc1c(Cl)cccc1C(=O)N(CC1CCOC1)C1CC1. The van der Waals surface area contributed by atoms with Gasteiger partial charge >= 0.3 is 0 Å². The van der Waals surface area contributed by atoms with Crippen molar-refractivity contribution in [2.45, 2.75) is 25.3 Å². The average molecular weight is 295 g/mol. The van der Waals surface area contributed by atoms with E-state index >= 15 is 0 Å². The molecule has 2 fully saturated rings. The number of nitrogens with two attached hydrogens (primary N) is 1. The fourth-order valence-electron chi connectivity index (χ4n) is 2.67. The first-order valence-electron chi connectivity index (χ1n) is 7.09. The molecule has 1 saturated heterocycles. The van der Waals surface area contributed by atoms with Crippen LogP contribution in [0.25, 0.3) is 0 Å². The van der Waals surface area contributed by atoms with Crippen molar-refractivity contribution in [1.82, 2.24) is 4.90 Å². The molecule has 1 saturated carbocycles. The molecule has 1 atom stereocenters. The van der Waals surface area contributed by atoms with Crippen molar-refractivity contribution in [3.63, 3.8) is 0 Å². The summed E-state index contributed by atoms with van der Waals surface area (Å²) in [5.74, 6) is 0.444. The summed E-state index contributed by atoms with van der Waals surface area (Å²) in [4.78, 5) is 14.7. The number of nitrogen functional groups attached to an aromatic ring is 1. The molecule has 1 aliphatic heterocycles. The van der Waals surface area contributed by atoms with E-state index in [0.29, 0.717) is 28.2 Å². The molecule has 1 aromatic carbocycles. The Morgan fingerprint density at radius 1 is 1.40 bits per heavy atom. The summed E-state index contributed by atoms with van der Waals surface area (Å²) in [6.45, 7) is 2.31. The standard InChI is InChI=1S/C15H19ClN2O2/c16-13-3-1-2-12(14(13)17)15(19)18(11-4-5-11)8-10-6-7-20-9-10/h1-3,10-11H,4-9,17H2. The first-order valence-corrected chi connectivity index (χ1v) is 7.47.